The molecule has 0 aliphatic carbocycles. The minimum atomic E-state index is -0.0612. The van der Waals surface area contributed by atoms with Gasteiger partial charge in [0.1, 0.15) is 17.7 Å². The van der Waals surface area contributed by atoms with Gasteiger partial charge in [0.2, 0.25) is 11.5 Å². The molecular weight excluding hydrogens is 372 g/mol. The lowest BCUT2D eigenvalue weighted by atomic mass is 10.1. The van der Waals surface area contributed by atoms with Crippen molar-refractivity contribution in [1.82, 2.24) is 24.3 Å². The Labute approximate surface area is 167 Å². The van der Waals surface area contributed by atoms with Crippen molar-refractivity contribution in [3.05, 3.63) is 42.7 Å². The number of imidazole rings is 1. The zero-order valence-corrected chi connectivity index (χ0v) is 16.7. The van der Waals surface area contributed by atoms with Crippen LogP contribution in [0.15, 0.2) is 37.1 Å². The quantitative estimate of drug-likeness (QED) is 0.510. The molecule has 0 fully saturated rings. The third-order valence-corrected chi connectivity index (χ3v) is 4.76. The normalized spacial score (nSPS) is 12.1. The summed E-state index contributed by atoms with van der Waals surface area (Å²) < 4.78 is 18.4. The van der Waals surface area contributed by atoms with Crippen LogP contribution in [0.1, 0.15) is 25.1 Å². The summed E-state index contributed by atoms with van der Waals surface area (Å²) in [4.78, 5) is 17.8. The second-order valence-electron chi connectivity index (χ2n) is 6.36. The highest BCUT2D eigenvalue weighted by atomic mass is 16.5. The zero-order chi connectivity index (χ0) is 20.4. The summed E-state index contributed by atoms with van der Waals surface area (Å²) in [5.74, 6) is 2.84. The van der Waals surface area contributed by atoms with Gasteiger partial charge in [-0.15, -0.1) is 0 Å². The van der Waals surface area contributed by atoms with Crippen molar-refractivity contribution in [1.29, 1.82) is 0 Å². The Bertz CT molecular complexity index is 1130. The van der Waals surface area contributed by atoms with E-state index in [0.29, 0.717) is 34.4 Å². The van der Waals surface area contributed by atoms with E-state index in [1.165, 1.54) is 6.33 Å². The number of hydrogen-bond acceptors (Lipinski definition) is 8. The van der Waals surface area contributed by atoms with Crippen LogP contribution in [0, 0.1) is 0 Å². The predicted octanol–water partition coefficient (Wildman–Crippen LogP) is 3.26. The summed E-state index contributed by atoms with van der Waals surface area (Å²) in [5.41, 5.74) is 1.51. The second kappa shape index (κ2) is 7.78. The molecule has 29 heavy (non-hydrogen) atoms. The minimum Gasteiger partial charge on any atom is -0.493 e. The topological polar surface area (TPSA) is 95.7 Å². The Kier molecular flexibility index (Phi) is 5.03. The summed E-state index contributed by atoms with van der Waals surface area (Å²) in [6.07, 6.45) is 7.92. The van der Waals surface area contributed by atoms with E-state index in [9.17, 15) is 0 Å². The maximum atomic E-state index is 5.56. The first kappa shape index (κ1) is 18.7. The van der Waals surface area contributed by atoms with Crippen LogP contribution in [0.5, 0.6) is 17.2 Å². The third kappa shape index (κ3) is 3.24. The standard InChI is InChI=1S/C20H22N6O3/c1-5-13(14-10-26-8-6-7-21-20(26)25-14)24-19-12-9-15(27-2)17(28-3)18(29-4)16(12)22-11-23-19/h6-11,13H,5H2,1-4H3,(H,22,23,24). The molecule has 3 heterocycles. The number of methoxy groups -OCH3 is 3. The number of aromatic nitrogens is 5. The summed E-state index contributed by atoms with van der Waals surface area (Å²) >= 11 is 0. The zero-order valence-electron chi connectivity index (χ0n) is 16.7. The lowest BCUT2D eigenvalue weighted by molar-refractivity contribution is 0.327. The fourth-order valence-corrected chi connectivity index (χ4v) is 3.35. The first-order chi connectivity index (χ1) is 14.2. The van der Waals surface area contributed by atoms with Gasteiger partial charge in [0.05, 0.1) is 38.5 Å². The molecule has 9 heteroatoms. The van der Waals surface area contributed by atoms with E-state index < -0.39 is 0 Å². The molecule has 1 unspecified atom stereocenters. The van der Waals surface area contributed by atoms with Gasteiger partial charge in [-0.2, -0.15) is 0 Å². The number of ether oxygens (including phenoxy) is 3. The molecule has 0 aliphatic heterocycles. The van der Waals surface area contributed by atoms with Crippen molar-refractivity contribution in [3.8, 4) is 17.2 Å². The van der Waals surface area contributed by atoms with Crippen LogP contribution in [0.25, 0.3) is 16.7 Å². The number of anilines is 1. The van der Waals surface area contributed by atoms with E-state index in [0.717, 1.165) is 17.5 Å². The minimum absolute atomic E-state index is 0.0612. The largest absolute Gasteiger partial charge is 0.493 e. The van der Waals surface area contributed by atoms with Crippen molar-refractivity contribution in [3.63, 3.8) is 0 Å². The Morgan fingerprint density at radius 1 is 1.07 bits per heavy atom. The highest BCUT2D eigenvalue weighted by Crippen LogP contribution is 2.44. The predicted molar refractivity (Wildman–Crippen MR) is 109 cm³/mol. The molecule has 0 bridgehead atoms. The molecule has 4 rings (SSSR count). The van der Waals surface area contributed by atoms with Crippen LogP contribution in [-0.2, 0) is 0 Å². The van der Waals surface area contributed by atoms with Crippen LogP contribution >= 0.6 is 0 Å². The van der Waals surface area contributed by atoms with Gasteiger partial charge < -0.3 is 19.5 Å². The number of hydrogen-bond donors (Lipinski definition) is 1. The molecule has 9 nitrogen and oxygen atoms in total. The lowest BCUT2D eigenvalue weighted by Gasteiger charge is -2.19. The van der Waals surface area contributed by atoms with Gasteiger partial charge in [0.25, 0.3) is 0 Å². The van der Waals surface area contributed by atoms with Gasteiger partial charge in [-0.25, -0.2) is 19.9 Å². The smallest absolute Gasteiger partial charge is 0.233 e. The molecule has 0 spiro atoms. The van der Waals surface area contributed by atoms with Crippen LogP contribution < -0.4 is 19.5 Å². The summed E-state index contributed by atoms with van der Waals surface area (Å²) in [7, 11) is 4.72. The molecule has 1 atom stereocenters. The van der Waals surface area contributed by atoms with Crippen LogP contribution in [0.2, 0.25) is 0 Å². The lowest BCUT2D eigenvalue weighted by Crippen LogP contribution is -2.12. The molecule has 0 saturated heterocycles. The molecule has 1 aromatic carbocycles. The van der Waals surface area contributed by atoms with Gasteiger partial charge >= 0.3 is 0 Å². The first-order valence-electron chi connectivity index (χ1n) is 9.20. The highest BCUT2D eigenvalue weighted by Gasteiger charge is 2.21. The Morgan fingerprint density at radius 2 is 1.90 bits per heavy atom. The fraction of sp³-hybridized carbons (Fsp3) is 0.300. The Morgan fingerprint density at radius 3 is 2.59 bits per heavy atom. The Balaban J connectivity index is 1.80. The van der Waals surface area contributed by atoms with Crippen LogP contribution in [0.4, 0.5) is 5.82 Å². The van der Waals surface area contributed by atoms with Gasteiger partial charge in [-0.05, 0) is 18.6 Å². The molecule has 3 aromatic heterocycles. The average molecular weight is 394 g/mol. The monoisotopic (exact) mass is 394 g/mol. The molecular formula is C20H22N6O3. The molecule has 0 aliphatic rings. The van der Waals surface area contributed by atoms with Gasteiger partial charge in [0.15, 0.2) is 11.5 Å². The maximum Gasteiger partial charge on any atom is 0.233 e. The Hall–Kier alpha value is -3.62. The molecule has 1 N–H and O–H groups in total. The van der Waals surface area contributed by atoms with Crippen LogP contribution in [0.3, 0.4) is 0 Å². The van der Waals surface area contributed by atoms with Crippen molar-refractivity contribution in [2.24, 2.45) is 0 Å². The number of fused-ring (bicyclic) bond motifs is 2. The molecule has 4 aromatic rings. The van der Waals surface area contributed by atoms with Crippen molar-refractivity contribution in [2.75, 3.05) is 26.6 Å². The van der Waals surface area contributed by atoms with Crippen LogP contribution in [-0.4, -0.2) is 45.7 Å². The van der Waals surface area contributed by atoms with E-state index in [1.807, 2.05) is 28.9 Å². The van der Waals surface area contributed by atoms with Gasteiger partial charge in [-0.1, -0.05) is 6.92 Å². The number of nitrogens with zero attached hydrogens (tertiary/aromatic N) is 5. The second-order valence-corrected chi connectivity index (χ2v) is 6.36. The number of nitrogens with one attached hydrogen (secondary N) is 1. The average Bonchev–Trinajstić information content (AvgIpc) is 3.19. The van der Waals surface area contributed by atoms with E-state index in [2.05, 4.69) is 32.2 Å². The van der Waals surface area contributed by atoms with Crippen molar-refractivity contribution in [2.45, 2.75) is 19.4 Å². The molecule has 0 saturated carbocycles. The van der Waals surface area contributed by atoms with Crippen molar-refractivity contribution >= 4 is 22.5 Å². The van der Waals surface area contributed by atoms with E-state index in [1.54, 1.807) is 27.5 Å². The number of rotatable bonds is 7. The highest BCUT2D eigenvalue weighted by molar-refractivity contribution is 5.96. The molecule has 0 amide bonds. The summed E-state index contributed by atoms with van der Waals surface area (Å²) in [5, 5.41) is 4.25. The SMILES string of the molecule is CCC(Nc1ncnc2c(OC)c(OC)c(OC)cc12)c1cn2cccnc2n1. The third-order valence-electron chi connectivity index (χ3n) is 4.76. The molecule has 0 radical (unpaired) electrons. The van der Waals surface area contributed by atoms with E-state index >= 15 is 0 Å². The van der Waals surface area contributed by atoms with Gasteiger partial charge in [-0.3, -0.25) is 4.40 Å². The summed E-state index contributed by atoms with van der Waals surface area (Å²) in [6.45, 7) is 2.09. The van der Waals surface area contributed by atoms with E-state index in [4.69, 9.17) is 14.2 Å². The molecule has 150 valence electrons. The summed E-state index contributed by atoms with van der Waals surface area (Å²) in [6, 6.07) is 3.65. The fourth-order valence-electron chi connectivity index (χ4n) is 3.35. The first-order valence-corrected chi connectivity index (χ1v) is 9.20. The van der Waals surface area contributed by atoms with E-state index in [-0.39, 0.29) is 6.04 Å². The maximum absolute atomic E-state index is 5.56. The van der Waals surface area contributed by atoms with Gasteiger partial charge in [0, 0.05) is 18.6 Å². The van der Waals surface area contributed by atoms with Crippen molar-refractivity contribution < 1.29 is 14.2 Å². The number of benzene rings is 1.